The van der Waals surface area contributed by atoms with Gasteiger partial charge in [0.15, 0.2) is 18.9 Å². The number of nitrogens with zero attached hydrogens (tertiary/aromatic N) is 2. The van der Waals surface area contributed by atoms with Crippen LogP contribution in [0, 0.1) is 0 Å². The van der Waals surface area contributed by atoms with Crippen molar-refractivity contribution in [2.45, 2.75) is 6.54 Å². The predicted octanol–water partition coefficient (Wildman–Crippen LogP) is 0.995. The zero-order valence-electron chi connectivity index (χ0n) is 8.50. The Labute approximate surface area is 89.2 Å². The van der Waals surface area contributed by atoms with E-state index in [-0.39, 0.29) is 0 Å². The molecule has 0 saturated heterocycles. The van der Waals surface area contributed by atoms with Crippen LogP contribution in [-0.4, -0.2) is 11.5 Å². The van der Waals surface area contributed by atoms with Crippen molar-refractivity contribution >= 4 is 0 Å². The molecule has 2 heterocycles. The van der Waals surface area contributed by atoms with Crippen LogP contribution in [0.2, 0.25) is 0 Å². The Bertz CT molecular complexity index is 409. The van der Waals surface area contributed by atoms with Crippen molar-refractivity contribution in [1.82, 2.24) is 4.98 Å². The number of hydrogen-bond acceptors (Lipinski definition) is 2. The van der Waals surface area contributed by atoms with Crippen molar-refractivity contribution in [2.75, 3.05) is 6.54 Å². The normalized spacial score (nSPS) is 10.2. The third-order valence-electron chi connectivity index (χ3n) is 2.29. The zero-order valence-corrected chi connectivity index (χ0v) is 8.50. The lowest BCUT2D eigenvalue weighted by Crippen LogP contribution is -2.36. The van der Waals surface area contributed by atoms with E-state index in [4.69, 9.17) is 5.73 Å². The van der Waals surface area contributed by atoms with Crippen LogP contribution in [0.5, 0.6) is 0 Å². The highest BCUT2D eigenvalue weighted by Gasteiger charge is 2.00. The molecule has 2 N–H and O–H groups in total. The maximum Gasteiger partial charge on any atom is 0.169 e. The molecule has 2 rings (SSSR count). The maximum atomic E-state index is 5.48. The molecule has 0 amide bonds. The van der Waals surface area contributed by atoms with Gasteiger partial charge in [-0.15, -0.1) is 0 Å². The second-order valence-electron chi connectivity index (χ2n) is 3.35. The van der Waals surface area contributed by atoms with Crippen LogP contribution >= 0.6 is 0 Å². The van der Waals surface area contributed by atoms with Gasteiger partial charge >= 0.3 is 0 Å². The van der Waals surface area contributed by atoms with E-state index in [1.54, 1.807) is 12.4 Å². The smallest absolute Gasteiger partial charge is 0.169 e. The van der Waals surface area contributed by atoms with Gasteiger partial charge in [0.25, 0.3) is 0 Å². The lowest BCUT2D eigenvalue weighted by atomic mass is 10.1. The Morgan fingerprint density at radius 2 is 1.60 bits per heavy atom. The van der Waals surface area contributed by atoms with Gasteiger partial charge in [0, 0.05) is 24.5 Å². The average Bonchev–Trinajstić information content (AvgIpc) is 2.32. The topological polar surface area (TPSA) is 42.8 Å². The number of hydrogen-bond donors (Lipinski definition) is 1. The van der Waals surface area contributed by atoms with Crippen molar-refractivity contribution in [2.24, 2.45) is 5.73 Å². The summed E-state index contributed by atoms with van der Waals surface area (Å²) in [5, 5.41) is 0. The number of nitrogens with two attached hydrogens (primary N) is 1. The zero-order chi connectivity index (χ0) is 10.5. The molecule has 2 aromatic heterocycles. The van der Waals surface area contributed by atoms with Crippen molar-refractivity contribution in [1.29, 1.82) is 0 Å². The van der Waals surface area contributed by atoms with E-state index in [9.17, 15) is 0 Å². The van der Waals surface area contributed by atoms with Crippen LogP contribution in [0.25, 0.3) is 11.1 Å². The summed E-state index contributed by atoms with van der Waals surface area (Å²) in [6.45, 7) is 1.52. The first kappa shape index (κ1) is 9.80. The minimum atomic E-state index is 0.666. The quantitative estimate of drug-likeness (QED) is 0.751. The molecule has 0 aliphatic heterocycles. The molecule has 0 aliphatic rings. The van der Waals surface area contributed by atoms with Crippen LogP contribution < -0.4 is 10.3 Å². The van der Waals surface area contributed by atoms with Gasteiger partial charge in [-0.2, -0.15) is 0 Å². The van der Waals surface area contributed by atoms with Gasteiger partial charge in [-0.3, -0.25) is 4.98 Å². The molecule has 0 unspecified atom stereocenters. The highest BCUT2D eigenvalue weighted by Crippen LogP contribution is 2.15. The van der Waals surface area contributed by atoms with Gasteiger partial charge < -0.3 is 5.73 Å². The monoisotopic (exact) mass is 200 g/mol. The van der Waals surface area contributed by atoms with Crippen molar-refractivity contribution in [3.05, 3.63) is 49.1 Å². The van der Waals surface area contributed by atoms with Crippen LogP contribution in [0.4, 0.5) is 0 Å². The third kappa shape index (κ3) is 2.39. The highest BCUT2D eigenvalue weighted by molar-refractivity contribution is 5.61. The van der Waals surface area contributed by atoms with Gasteiger partial charge in [-0.1, -0.05) is 0 Å². The summed E-state index contributed by atoms with van der Waals surface area (Å²) in [4.78, 5) is 4.00. The van der Waals surface area contributed by atoms with Crippen LogP contribution in [0.15, 0.2) is 49.1 Å². The average molecular weight is 200 g/mol. The summed E-state index contributed by atoms with van der Waals surface area (Å²) in [6, 6.07) is 8.18. The molecule has 0 saturated carbocycles. The van der Waals surface area contributed by atoms with E-state index >= 15 is 0 Å². The van der Waals surface area contributed by atoms with E-state index in [1.807, 2.05) is 24.5 Å². The van der Waals surface area contributed by atoms with Crippen molar-refractivity contribution in [3.63, 3.8) is 0 Å². The predicted molar refractivity (Wildman–Crippen MR) is 58.9 cm³/mol. The molecule has 3 nitrogen and oxygen atoms in total. The molecule has 0 atom stereocenters. The van der Waals surface area contributed by atoms with Crippen LogP contribution in [0.1, 0.15) is 0 Å². The lowest BCUT2D eigenvalue weighted by molar-refractivity contribution is -0.694. The van der Waals surface area contributed by atoms with Crippen LogP contribution in [0.3, 0.4) is 0 Å². The molecular weight excluding hydrogens is 186 g/mol. The van der Waals surface area contributed by atoms with Gasteiger partial charge in [0.2, 0.25) is 0 Å². The highest BCUT2D eigenvalue weighted by atomic mass is 14.9. The fourth-order valence-corrected chi connectivity index (χ4v) is 1.49. The van der Waals surface area contributed by atoms with Crippen LogP contribution in [-0.2, 0) is 6.54 Å². The van der Waals surface area contributed by atoms with E-state index in [1.165, 1.54) is 11.1 Å². The van der Waals surface area contributed by atoms with E-state index < -0.39 is 0 Å². The van der Waals surface area contributed by atoms with E-state index in [0.29, 0.717) is 6.54 Å². The number of pyridine rings is 2. The first-order chi connectivity index (χ1) is 7.40. The maximum absolute atomic E-state index is 5.48. The standard InChI is InChI=1S/C12H14N3/c13-5-10-15-8-3-12(4-9-15)11-1-6-14-7-2-11/h1-4,6-9H,5,10,13H2/q+1. The van der Waals surface area contributed by atoms with Crippen molar-refractivity contribution in [3.8, 4) is 11.1 Å². The Morgan fingerprint density at radius 3 is 2.20 bits per heavy atom. The lowest BCUT2D eigenvalue weighted by Gasteiger charge is -1.99. The van der Waals surface area contributed by atoms with Crippen molar-refractivity contribution < 1.29 is 4.57 Å². The summed E-state index contributed by atoms with van der Waals surface area (Å²) in [7, 11) is 0. The van der Waals surface area contributed by atoms with Gasteiger partial charge in [0.05, 0.1) is 6.54 Å². The fraction of sp³-hybridized carbons (Fsp3) is 0.167. The van der Waals surface area contributed by atoms with Gasteiger partial charge in [-0.25, -0.2) is 4.57 Å². The minimum Gasteiger partial charge on any atom is -0.325 e. The fourth-order valence-electron chi connectivity index (χ4n) is 1.49. The molecule has 2 aromatic rings. The largest absolute Gasteiger partial charge is 0.325 e. The third-order valence-corrected chi connectivity index (χ3v) is 2.29. The summed E-state index contributed by atoms with van der Waals surface area (Å²) >= 11 is 0. The summed E-state index contributed by atoms with van der Waals surface area (Å²) in [5.74, 6) is 0. The summed E-state index contributed by atoms with van der Waals surface area (Å²) < 4.78 is 2.07. The molecule has 0 aliphatic carbocycles. The molecule has 0 bridgehead atoms. The van der Waals surface area contributed by atoms with E-state index in [2.05, 4.69) is 21.7 Å². The molecule has 76 valence electrons. The van der Waals surface area contributed by atoms with Gasteiger partial charge in [0.1, 0.15) is 0 Å². The minimum absolute atomic E-state index is 0.666. The molecule has 0 spiro atoms. The first-order valence-corrected chi connectivity index (χ1v) is 5.00. The second-order valence-corrected chi connectivity index (χ2v) is 3.35. The van der Waals surface area contributed by atoms with Gasteiger partial charge in [-0.05, 0) is 23.3 Å². The summed E-state index contributed by atoms with van der Waals surface area (Å²) in [5.41, 5.74) is 7.87. The molecule has 0 radical (unpaired) electrons. The SMILES string of the molecule is NCC[n+]1ccc(-c2ccncc2)cc1. The Balaban J connectivity index is 2.24. The molecular formula is C12H14N3+. The molecule has 15 heavy (non-hydrogen) atoms. The Kier molecular flexibility index (Phi) is 3.05. The molecule has 3 heteroatoms. The summed E-state index contributed by atoms with van der Waals surface area (Å²) in [6.07, 6.45) is 7.69. The Hall–Kier alpha value is -1.74. The number of rotatable bonds is 3. The van der Waals surface area contributed by atoms with E-state index in [0.717, 1.165) is 6.54 Å². The second kappa shape index (κ2) is 4.66. The number of aromatic nitrogens is 2. The Morgan fingerprint density at radius 1 is 1.00 bits per heavy atom. The molecule has 0 aromatic carbocycles. The first-order valence-electron chi connectivity index (χ1n) is 5.00. The molecule has 0 fully saturated rings.